The van der Waals surface area contributed by atoms with Gasteiger partial charge in [0, 0.05) is 29.8 Å². The van der Waals surface area contributed by atoms with Gasteiger partial charge in [0.25, 0.3) is 11.8 Å². The van der Waals surface area contributed by atoms with Gasteiger partial charge in [0.1, 0.15) is 12.9 Å². The number of carbonyl (C=O) groups excluding carboxylic acids is 2. The smallest absolute Gasteiger partial charge is 0.273 e. The van der Waals surface area contributed by atoms with Gasteiger partial charge in [0.2, 0.25) is 5.78 Å². The Morgan fingerprint density at radius 2 is 1.92 bits per heavy atom. The molecule has 0 atom stereocenters. The van der Waals surface area contributed by atoms with Crippen molar-refractivity contribution >= 4 is 57.5 Å². The van der Waals surface area contributed by atoms with Gasteiger partial charge < -0.3 is 30.4 Å². The van der Waals surface area contributed by atoms with Gasteiger partial charge in [-0.2, -0.15) is 0 Å². The number of Topliss-reactive ketones (excluding diaryl/α,β-unsaturated/α-hetero) is 1. The van der Waals surface area contributed by atoms with E-state index in [0.717, 1.165) is 41.5 Å². The molecule has 0 radical (unpaired) electrons. The first-order valence-corrected chi connectivity index (χ1v) is 13.6. The summed E-state index contributed by atoms with van der Waals surface area (Å²) in [4.78, 5) is 38.6. The summed E-state index contributed by atoms with van der Waals surface area (Å²) in [7, 11) is 2.02. The lowest BCUT2D eigenvalue weighted by Gasteiger charge is -2.16. The van der Waals surface area contributed by atoms with Crippen LogP contribution < -0.4 is 16.4 Å². The second-order valence-electron chi connectivity index (χ2n) is 8.51. The number of amides is 1. The van der Waals surface area contributed by atoms with Crippen molar-refractivity contribution in [1.82, 2.24) is 25.2 Å². The SMILES string of the molecule is CN(CCCCNC(=O)c1nc(Cl)c(NCc2ccc(I)cc2)nc1N)CCCOCC(=O)c1ncco1. The number of hydrogen-bond acceptors (Lipinski definition) is 10. The Morgan fingerprint density at radius 3 is 2.66 bits per heavy atom. The third-order valence-electron chi connectivity index (χ3n) is 5.45. The van der Waals surface area contributed by atoms with Crippen LogP contribution in [0, 0.1) is 3.57 Å². The number of anilines is 2. The monoisotopic (exact) mass is 655 g/mol. The highest BCUT2D eigenvalue weighted by atomic mass is 127. The highest BCUT2D eigenvalue weighted by Crippen LogP contribution is 2.21. The molecular weight excluding hydrogens is 625 g/mol. The maximum atomic E-state index is 12.5. The van der Waals surface area contributed by atoms with Gasteiger partial charge in [0.15, 0.2) is 22.5 Å². The quantitative estimate of drug-likeness (QED) is 0.119. The molecule has 0 saturated carbocycles. The molecule has 3 aromatic rings. The third-order valence-corrected chi connectivity index (χ3v) is 6.44. The summed E-state index contributed by atoms with van der Waals surface area (Å²) < 4.78 is 11.5. The molecule has 0 bridgehead atoms. The first-order chi connectivity index (χ1) is 18.3. The minimum absolute atomic E-state index is 0.00763. The van der Waals surface area contributed by atoms with Crippen molar-refractivity contribution in [2.75, 3.05) is 50.9 Å². The van der Waals surface area contributed by atoms with Crippen LogP contribution in [0.2, 0.25) is 5.15 Å². The molecule has 1 amide bonds. The Morgan fingerprint density at radius 1 is 1.16 bits per heavy atom. The van der Waals surface area contributed by atoms with E-state index in [9.17, 15) is 9.59 Å². The molecule has 0 unspecified atom stereocenters. The van der Waals surface area contributed by atoms with Crippen molar-refractivity contribution in [1.29, 1.82) is 0 Å². The fraction of sp³-hybridized carbons (Fsp3) is 0.400. The number of rotatable bonds is 16. The van der Waals surface area contributed by atoms with Gasteiger partial charge in [-0.25, -0.2) is 15.0 Å². The van der Waals surface area contributed by atoms with Crippen LogP contribution >= 0.6 is 34.2 Å². The molecule has 0 fully saturated rings. The fourth-order valence-electron chi connectivity index (χ4n) is 3.42. The van der Waals surface area contributed by atoms with E-state index in [4.69, 9.17) is 26.5 Å². The number of halogens is 2. The number of carbonyl (C=O) groups is 2. The van der Waals surface area contributed by atoms with Crippen LogP contribution in [0.1, 0.15) is 46.0 Å². The molecule has 1 aromatic carbocycles. The maximum absolute atomic E-state index is 12.5. The molecule has 0 saturated heterocycles. The Labute approximate surface area is 240 Å². The largest absolute Gasteiger partial charge is 0.442 e. The van der Waals surface area contributed by atoms with Crippen LogP contribution in [-0.2, 0) is 11.3 Å². The van der Waals surface area contributed by atoms with E-state index in [1.54, 1.807) is 0 Å². The average molecular weight is 656 g/mol. The number of aromatic nitrogens is 3. The molecule has 0 aliphatic carbocycles. The zero-order valence-corrected chi connectivity index (χ0v) is 24.0. The van der Waals surface area contributed by atoms with E-state index >= 15 is 0 Å². The average Bonchev–Trinajstić information content (AvgIpc) is 3.44. The van der Waals surface area contributed by atoms with Gasteiger partial charge >= 0.3 is 0 Å². The minimum Gasteiger partial charge on any atom is -0.442 e. The number of hydrogen-bond donors (Lipinski definition) is 3. The normalized spacial score (nSPS) is 11.1. The van der Waals surface area contributed by atoms with Crippen molar-refractivity contribution in [3.63, 3.8) is 0 Å². The van der Waals surface area contributed by atoms with Crippen molar-refractivity contribution in [3.05, 3.63) is 62.6 Å². The van der Waals surface area contributed by atoms with Crippen LogP contribution in [0.25, 0.3) is 0 Å². The van der Waals surface area contributed by atoms with Crippen LogP contribution in [-0.4, -0.2) is 71.4 Å². The van der Waals surface area contributed by atoms with E-state index in [0.29, 0.717) is 25.5 Å². The minimum atomic E-state index is -0.411. The Bertz CT molecular complexity index is 1180. The number of nitrogens with one attached hydrogen (secondary N) is 2. The van der Waals surface area contributed by atoms with E-state index < -0.39 is 5.91 Å². The standard InChI is InChI=1S/C25H31ClIN7O4/c1-34(12-4-13-37-16-19(35)25-30-10-14-38-25)11-3-2-9-29-24(36)20-22(28)33-23(21(26)32-20)31-15-17-5-7-18(27)8-6-17/h5-8,10,14H,2-4,9,11-13,15-16H2,1H3,(H,29,36)(H3,28,31,33). The van der Waals surface area contributed by atoms with Gasteiger partial charge in [-0.15, -0.1) is 0 Å². The second kappa shape index (κ2) is 15.6. The first-order valence-electron chi connectivity index (χ1n) is 12.1. The molecule has 11 nitrogen and oxygen atoms in total. The summed E-state index contributed by atoms with van der Waals surface area (Å²) in [5.41, 5.74) is 7.04. The number of nitrogens with zero attached hydrogens (tertiary/aromatic N) is 4. The molecule has 13 heteroatoms. The summed E-state index contributed by atoms with van der Waals surface area (Å²) >= 11 is 8.49. The molecule has 0 spiro atoms. The molecule has 3 rings (SSSR count). The topological polar surface area (TPSA) is 148 Å². The Hall–Kier alpha value is -2.81. The first kappa shape index (κ1) is 29.7. The highest BCUT2D eigenvalue weighted by molar-refractivity contribution is 14.1. The number of nitrogen functional groups attached to an aromatic ring is 1. The van der Waals surface area contributed by atoms with Gasteiger partial charge in [-0.05, 0) is 73.1 Å². The molecular formula is C25H31ClIN7O4. The van der Waals surface area contributed by atoms with Gasteiger partial charge in [-0.3, -0.25) is 9.59 Å². The molecule has 204 valence electrons. The van der Waals surface area contributed by atoms with Gasteiger partial charge in [0.05, 0.1) is 6.20 Å². The molecule has 0 aliphatic rings. The van der Waals surface area contributed by atoms with Crippen molar-refractivity contribution in [3.8, 4) is 0 Å². The molecule has 38 heavy (non-hydrogen) atoms. The number of ether oxygens (including phenoxy) is 1. The summed E-state index contributed by atoms with van der Waals surface area (Å²) in [5.74, 6) is -0.276. The number of benzene rings is 1. The van der Waals surface area contributed by atoms with Crippen molar-refractivity contribution in [2.45, 2.75) is 25.8 Å². The lowest BCUT2D eigenvalue weighted by Crippen LogP contribution is -2.28. The van der Waals surface area contributed by atoms with Crippen LogP contribution in [0.3, 0.4) is 0 Å². The molecule has 2 aromatic heterocycles. The zero-order chi connectivity index (χ0) is 27.3. The lowest BCUT2D eigenvalue weighted by atomic mass is 10.2. The molecule has 4 N–H and O–H groups in total. The van der Waals surface area contributed by atoms with Crippen LogP contribution in [0.4, 0.5) is 11.6 Å². The third kappa shape index (κ3) is 9.82. The Kier molecular flexibility index (Phi) is 12.2. The predicted molar refractivity (Wildman–Crippen MR) is 153 cm³/mol. The van der Waals surface area contributed by atoms with Crippen LogP contribution in [0.5, 0.6) is 0 Å². The fourth-order valence-corrected chi connectivity index (χ4v) is 3.98. The summed E-state index contributed by atoms with van der Waals surface area (Å²) in [6.07, 6.45) is 5.25. The van der Waals surface area contributed by atoms with E-state index in [1.807, 2.05) is 31.3 Å². The summed E-state index contributed by atoms with van der Waals surface area (Å²) in [6, 6.07) is 8.02. The molecule has 2 heterocycles. The Balaban J connectivity index is 1.29. The van der Waals surface area contributed by atoms with Gasteiger partial charge in [-0.1, -0.05) is 23.7 Å². The number of ketones is 1. The van der Waals surface area contributed by atoms with Crippen LogP contribution in [0.15, 0.2) is 41.1 Å². The zero-order valence-electron chi connectivity index (χ0n) is 21.1. The second-order valence-corrected chi connectivity index (χ2v) is 10.1. The van der Waals surface area contributed by atoms with E-state index in [1.165, 1.54) is 12.5 Å². The summed E-state index contributed by atoms with van der Waals surface area (Å²) in [5, 5.41) is 6.01. The summed E-state index contributed by atoms with van der Waals surface area (Å²) in [6.45, 7) is 3.09. The maximum Gasteiger partial charge on any atom is 0.273 e. The molecule has 0 aliphatic heterocycles. The van der Waals surface area contributed by atoms with Crippen molar-refractivity contribution in [2.24, 2.45) is 0 Å². The number of unbranched alkanes of at least 4 members (excludes halogenated alkanes) is 1. The number of oxazole rings is 1. The number of nitrogens with two attached hydrogens (primary N) is 1. The van der Waals surface area contributed by atoms with E-state index in [2.05, 4.69) is 53.1 Å². The lowest BCUT2D eigenvalue weighted by molar-refractivity contribution is 0.0710. The predicted octanol–water partition coefficient (Wildman–Crippen LogP) is 3.65. The van der Waals surface area contributed by atoms with E-state index in [-0.39, 0.29) is 34.9 Å². The highest BCUT2D eigenvalue weighted by Gasteiger charge is 2.17. The van der Waals surface area contributed by atoms with Crippen molar-refractivity contribution < 1.29 is 18.7 Å².